The first-order chi connectivity index (χ1) is 8.74. The van der Waals surface area contributed by atoms with Gasteiger partial charge >= 0.3 is 0 Å². The third-order valence-electron chi connectivity index (χ3n) is 2.95. The van der Waals surface area contributed by atoms with E-state index in [0.29, 0.717) is 11.5 Å². The molecule has 1 nitrogen and oxygen atoms in total. The second-order valence-electron chi connectivity index (χ2n) is 4.36. The lowest BCUT2D eigenvalue weighted by Crippen LogP contribution is -1.86. The maximum Gasteiger partial charge on any atom is 0.0991 e. The highest BCUT2D eigenvalue weighted by Gasteiger charge is 2.08. The van der Waals surface area contributed by atoms with E-state index in [4.69, 9.17) is 5.26 Å². The van der Waals surface area contributed by atoms with Crippen LogP contribution >= 0.6 is 11.3 Å². The summed E-state index contributed by atoms with van der Waals surface area (Å²) in [6, 6.07) is 12.1. The molecule has 1 aromatic carbocycles. The molecule has 0 fully saturated rings. The van der Waals surface area contributed by atoms with Crippen molar-refractivity contribution < 1.29 is 0 Å². The summed E-state index contributed by atoms with van der Waals surface area (Å²) < 4.78 is 0. The fraction of sp³-hybridized carbons (Fsp3) is 0.188. The lowest BCUT2D eigenvalue weighted by molar-refractivity contribution is 0.799. The Morgan fingerprint density at radius 1 is 1.39 bits per heavy atom. The maximum atomic E-state index is 8.91. The van der Waals surface area contributed by atoms with Gasteiger partial charge in [-0.05, 0) is 47.0 Å². The summed E-state index contributed by atoms with van der Waals surface area (Å²) in [5.74, 6) is 0.514. The van der Waals surface area contributed by atoms with Crippen LogP contribution in [0, 0.1) is 11.3 Å². The second kappa shape index (κ2) is 5.66. The Labute approximate surface area is 112 Å². The highest BCUT2D eigenvalue weighted by Crippen LogP contribution is 2.31. The number of rotatable bonds is 4. The number of allylic oxidation sites excluding steroid dienone is 1. The van der Waals surface area contributed by atoms with Crippen molar-refractivity contribution in [3.05, 3.63) is 58.8 Å². The Hall–Kier alpha value is -1.85. The molecular formula is C16H15NS. The summed E-state index contributed by atoms with van der Waals surface area (Å²) in [6.45, 7) is 5.99. The van der Waals surface area contributed by atoms with Gasteiger partial charge in [0.1, 0.15) is 0 Å². The largest absolute Gasteiger partial charge is 0.192 e. The van der Waals surface area contributed by atoms with Gasteiger partial charge in [-0.1, -0.05) is 25.1 Å². The predicted octanol–water partition coefficient (Wildman–Crippen LogP) is 4.97. The van der Waals surface area contributed by atoms with Crippen LogP contribution in [0.1, 0.15) is 29.7 Å². The summed E-state index contributed by atoms with van der Waals surface area (Å²) >= 11 is 1.78. The van der Waals surface area contributed by atoms with E-state index in [1.165, 1.54) is 10.4 Å². The van der Waals surface area contributed by atoms with E-state index < -0.39 is 0 Å². The molecule has 0 aliphatic carbocycles. The Bertz CT molecular complexity index is 589. The minimum atomic E-state index is 0.514. The molecule has 0 aliphatic rings. The number of benzene rings is 1. The number of thiophene rings is 1. The Balaban J connectivity index is 2.29. The van der Waals surface area contributed by atoms with Gasteiger partial charge < -0.3 is 0 Å². The van der Waals surface area contributed by atoms with Crippen molar-refractivity contribution in [3.8, 4) is 17.2 Å². The van der Waals surface area contributed by atoms with Gasteiger partial charge in [-0.2, -0.15) is 5.26 Å². The van der Waals surface area contributed by atoms with Gasteiger partial charge in [0.15, 0.2) is 0 Å². The molecule has 0 radical (unpaired) electrons. The van der Waals surface area contributed by atoms with E-state index in [2.05, 4.69) is 31.0 Å². The SMILES string of the molecule is C=CCC(C)c1cc(-c2cccc(C#N)c2)cs1. The van der Waals surface area contributed by atoms with E-state index in [1.807, 2.05) is 30.3 Å². The number of nitrogens with zero attached hydrogens (tertiary/aromatic N) is 1. The molecule has 2 rings (SSSR count). The van der Waals surface area contributed by atoms with Crippen molar-refractivity contribution >= 4 is 11.3 Å². The van der Waals surface area contributed by atoms with Crippen LogP contribution in [0.3, 0.4) is 0 Å². The van der Waals surface area contributed by atoms with Crippen LogP contribution in [0.25, 0.3) is 11.1 Å². The second-order valence-corrected chi connectivity index (χ2v) is 5.30. The third kappa shape index (κ3) is 2.69. The predicted molar refractivity (Wildman–Crippen MR) is 77.7 cm³/mol. The van der Waals surface area contributed by atoms with E-state index >= 15 is 0 Å². The quantitative estimate of drug-likeness (QED) is 0.706. The van der Waals surface area contributed by atoms with Crippen molar-refractivity contribution in [3.63, 3.8) is 0 Å². The number of hydrogen-bond donors (Lipinski definition) is 0. The van der Waals surface area contributed by atoms with E-state index in [0.717, 1.165) is 12.0 Å². The van der Waals surface area contributed by atoms with Gasteiger partial charge in [0.2, 0.25) is 0 Å². The van der Waals surface area contributed by atoms with Crippen LogP contribution in [0.15, 0.2) is 48.4 Å². The van der Waals surface area contributed by atoms with Gasteiger partial charge in [-0.15, -0.1) is 17.9 Å². The average molecular weight is 253 g/mol. The molecule has 0 saturated heterocycles. The molecule has 1 heterocycles. The van der Waals surface area contributed by atoms with Crippen molar-refractivity contribution in [2.75, 3.05) is 0 Å². The first-order valence-corrected chi connectivity index (χ1v) is 6.82. The molecule has 0 saturated carbocycles. The van der Waals surface area contributed by atoms with Gasteiger partial charge in [0.25, 0.3) is 0 Å². The summed E-state index contributed by atoms with van der Waals surface area (Å²) in [6.07, 6.45) is 2.96. The van der Waals surface area contributed by atoms with Crippen LogP contribution < -0.4 is 0 Å². The van der Waals surface area contributed by atoms with E-state index in [-0.39, 0.29) is 0 Å². The fourth-order valence-corrected chi connectivity index (χ4v) is 2.89. The lowest BCUT2D eigenvalue weighted by atomic mass is 10.0. The van der Waals surface area contributed by atoms with Crippen molar-refractivity contribution in [1.82, 2.24) is 0 Å². The number of hydrogen-bond acceptors (Lipinski definition) is 2. The Morgan fingerprint density at radius 2 is 2.22 bits per heavy atom. The monoisotopic (exact) mass is 253 g/mol. The minimum absolute atomic E-state index is 0.514. The summed E-state index contributed by atoms with van der Waals surface area (Å²) in [7, 11) is 0. The zero-order chi connectivity index (χ0) is 13.0. The first kappa shape index (κ1) is 12.6. The molecule has 0 N–H and O–H groups in total. The molecule has 2 aromatic rings. The summed E-state index contributed by atoms with van der Waals surface area (Å²) in [5, 5.41) is 11.1. The Kier molecular flexibility index (Phi) is 3.96. The summed E-state index contributed by atoms with van der Waals surface area (Å²) in [5.41, 5.74) is 3.02. The van der Waals surface area contributed by atoms with Crippen molar-refractivity contribution in [2.45, 2.75) is 19.3 Å². The van der Waals surface area contributed by atoms with Crippen LogP contribution in [-0.4, -0.2) is 0 Å². The molecule has 0 aliphatic heterocycles. The third-order valence-corrected chi connectivity index (χ3v) is 4.11. The molecule has 18 heavy (non-hydrogen) atoms. The average Bonchev–Trinajstić information content (AvgIpc) is 2.89. The number of nitriles is 1. The smallest absolute Gasteiger partial charge is 0.0991 e. The molecule has 0 bridgehead atoms. The van der Waals surface area contributed by atoms with Crippen LogP contribution in [0.5, 0.6) is 0 Å². The topological polar surface area (TPSA) is 23.8 Å². The highest BCUT2D eigenvalue weighted by molar-refractivity contribution is 7.10. The molecular weight excluding hydrogens is 238 g/mol. The molecule has 1 aromatic heterocycles. The lowest BCUT2D eigenvalue weighted by Gasteiger charge is -2.04. The zero-order valence-electron chi connectivity index (χ0n) is 10.4. The molecule has 1 atom stereocenters. The molecule has 90 valence electrons. The van der Waals surface area contributed by atoms with Gasteiger partial charge in [-0.25, -0.2) is 0 Å². The standard InChI is InChI=1S/C16H15NS/c1-3-5-12(2)16-9-15(11-18-16)14-7-4-6-13(8-14)10-17/h3-4,6-9,11-12H,1,5H2,2H3. The zero-order valence-corrected chi connectivity index (χ0v) is 11.2. The van der Waals surface area contributed by atoms with Crippen LogP contribution in [-0.2, 0) is 0 Å². The summed E-state index contributed by atoms with van der Waals surface area (Å²) in [4.78, 5) is 1.37. The molecule has 1 unspecified atom stereocenters. The van der Waals surface area contributed by atoms with Crippen LogP contribution in [0.2, 0.25) is 0 Å². The van der Waals surface area contributed by atoms with Crippen molar-refractivity contribution in [2.24, 2.45) is 0 Å². The van der Waals surface area contributed by atoms with Crippen molar-refractivity contribution in [1.29, 1.82) is 5.26 Å². The normalized spacial score (nSPS) is 11.8. The van der Waals surface area contributed by atoms with E-state index in [9.17, 15) is 0 Å². The first-order valence-electron chi connectivity index (χ1n) is 5.94. The van der Waals surface area contributed by atoms with Gasteiger partial charge in [0, 0.05) is 4.88 Å². The fourth-order valence-electron chi connectivity index (χ4n) is 1.90. The molecule has 0 amide bonds. The van der Waals surface area contributed by atoms with Gasteiger partial charge in [-0.3, -0.25) is 0 Å². The maximum absolute atomic E-state index is 8.91. The molecule has 0 spiro atoms. The Morgan fingerprint density at radius 3 is 2.94 bits per heavy atom. The minimum Gasteiger partial charge on any atom is -0.192 e. The van der Waals surface area contributed by atoms with Crippen LogP contribution in [0.4, 0.5) is 0 Å². The molecule has 2 heteroatoms. The van der Waals surface area contributed by atoms with E-state index in [1.54, 1.807) is 11.3 Å². The highest BCUT2D eigenvalue weighted by atomic mass is 32.1. The van der Waals surface area contributed by atoms with Gasteiger partial charge in [0.05, 0.1) is 11.6 Å².